The third-order valence-electron chi connectivity index (χ3n) is 4.05. The Morgan fingerprint density at radius 2 is 2.00 bits per heavy atom. The fourth-order valence-corrected chi connectivity index (χ4v) is 3.07. The molecule has 0 radical (unpaired) electrons. The van der Waals surface area contributed by atoms with E-state index in [4.69, 9.17) is 5.73 Å². The lowest BCUT2D eigenvalue weighted by Gasteiger charge is -2.50. The molecule has 94 valence electrons. The van der Waals surface area contributed by atoms with E-state index >= 15 is 0 Å². The van der Waals surface area contributed by atoms with Gasteiger partial charge in [-0.05, 0) is 39.5 Å². The van der Waals surface area contributed by atoms with Gasteiger partial charge in [0.1, 0.15) is 5.82 Å². The van der Waals surface area contributed by atoms with Gasteiger partial charge in [0.25, 0.3) is 0 Å². The summed E-state index contributed by atoms with van der Waals surface area (Å²) < 4.78 is 14.0. The van der Waals surface area contributed by atoms with Gasteiger partial charge in [0.15, 0.2) is 0 Å². The standard InChI is InChI=1S/C14H21FN2/c1-17(2)13(14(10-16)8-5-9-14)11-6-3-4-7-12(11)15/h3-4,6-7,13H,5,8-10,16H2,1-2H3. The summed E-state index contributed by atoms with van der Waals surface area (Å²) in [5.74, 6) is -0.120. The van der Waals surface area contributed by atoms with E-state index in [-0.39, 0.29) is 17.3 Å². The topological polar surface area (TPSA) is 29.3 Å². The highest BCUT2D eigenvalue weighted by molar-refractivity contribution is 5.25. The smallest absolute Gasteiger partial charge is 0.128 e. The molecule has 3 heteroatoms. The van der Waals surface area contributed by atoms with Gasteiger partial charge in [0.2, 0.25) is 0 Å². The first-order valence-corrected chi connectivity index (χ1v) is 6.22. The summed E-state index contributed by atoms with van der Waals surface area (Å²) in [6, 6.07) is 7.14. The lowest BCUT2D eigenvalue weighted by atomic mass is 9.62. The summed E-state index contributed by atoms with van der Waals surface area (Å²) >= 11 is 0. The van der Waals surface area contributed by atoms with Crippen molar-refractivity contribution in [2.75, 3.05) is 20.6 Å². The van der Waals surface area contributed by atoms with Gasteiger partial charge in [-0.1, -0.05) is 24.6 Å². The zero-order chi connectivity index (χ0) is 12.5. The van der Waals surface area contributed by atoms with Crippen molar-refractivity contribution >= 4 is 0 Å². The van der Waals surface area contributed by atoms with Gasteiger partial charge in [-0.25, -0.2) is 4.39 Å². The van der Waals surface area contributed by atoms with Crippen molar-refractivity contribution in [3.8, 4) is 0 Å². The van der Waals surface area contributed by atoms with Crippen LogP contribution in [0.1, 0.15) is 30.9 Å². The van der Waals surface area contributed by atoms with Crippen LogP contribution in [0.5, 0.6) is 0 Å². The van der Waals surface area contributed by atoms with Crippen molar-refractivity contribution in [3.05, 3.63) is 35.6 Å². The molecule has 1 aromatic carbocycles. The Kier molecular flexibility index (Phi) is 3.50. The molecule has 1 saturated carbocycles. The largest absolute Gasteiger partial charge is 0.330 e. The van der Waals surface area contributed by atoms with Crippen LogP contribution in [0, 0.1) is 11.2 Å². The van der Waals surface area contributed by atoms with Crippen LogP contribution in [0.25, 0.3) is 0 Å². The van der Waals surface area contributed by atoms with Crippen LogP contribution in [0.2, 0.25) is 0 Å². The van der Waals surface area contributed by atoms with E-state index in [9.17, 15) is 4.39 Å². The van der Waals surface area contributed by atoms with Crippen LogP contribution in [0.15, 0.2) is 24.3 Å². The number of benzene rings is 1. The van der Waals surface area contributed by atoms with Gasteiger partial charge >= 0.3 is 0 Å². The molecule has 2 nitrogen and oxygen atoms in total. The van der Waals surface area contributed by atoms with Gasteiger partial charge in [-0.3, -0.25) is 0 Å². The van der Waals surface area contributed by atoms with Crippen LogP contribution in [-0.2, 0) is 0 Å². The monoisotopic (exact) mass is 236 g/mol. The number of nitrogens with zero attached hydrogens (tertiary/aromatic N) is 1. The van der Waals surface area contributed by atoms with Crippen molar-refractivity contribution in [1.29, 1.82) is 0 Å². The Labute approximate surface area is 103 Å². The van der Waals surface area contributed by atoms with E-state index in [2.05, 4.69) is 4.90 Å². The molecule has 0 saturated heterocycles. The molecule has 0 heterocycles. The van der Waals surface area contributed by atoms with E-state index in [1.54, 1.807) is 6.07 Å². The first kappa shape index (κ1) is 12.5. The maximum Gasteiger partial charge on any atom is 0.128 e. The van der Waals surface area contributed by atoms with Crippen molar-refractivity contribution in [2.45, 2.75) is 25.3 Å². The second-order valence-corrected chi connectivity index (χ2v) is 5.31. The molecule has 0 aliphatic heterocycles. The molecule has 0 amide bonds. The molecule has 1 fully saturated rings. The summed E-state index contributed by atoms with van der Waals surface area (Å²) in [7, 11) is 4.01. The fraction of sp³-hybridized carbons (Fsp3) is 0.571. The predicted molar refractivity (Wildman–Crippen MR) is 68.2 cm³/mol. The number of hydrogen-bond acceptors (Lipinski definition) is 2. The molecule has 17 heavy (non-hydrogen) atoms. The van der Waals surface area contributed by atoms with Crippen molar-refractivity contribution < 1.29 is 4.39 Å². The highest BCUT2D eigenvalue weighted by Gasteiger charge is 2.45. The lowest BCUT2D eigenvalue weighted by Crippen LogP contribution is -2.47. The van der Waals surface area contributed by atoms with Crippen molar-refractivity contribution in [1.82, 2.24) is 4.90 Å². The summed E-state index contributed by atoms with van der Waals surface area (Å²) in [6.07, 6.45) is 3.40. The van der Waals surface area contributed by atoms with Gasteiger partial charge in [-0.2, -0.15) is 0 Å². The summed E-state index contributed by atoms with van der Waals surface area (Å²) in [5.41, 5.74) is 6.79. The van der Waals surface area contributed by atoms with Crippen LogP contribution in [0.4, 0.5) is 4.39 Å². The summed E-state index contributed by atoms with van der Waals surface area (Å²) in [5, 5.41) is 0. The minimum Gasteiger partial charge on any atom is -0.330 e. The molecule has 1 atom stereocenters. The average molecular weight is 236 g/mol. The first-order valence-electron chi connectivity index (χ1n) is 6.22. The third kappa shape index (κ3) is 2.09. The van der Waals surface area contributed by atoms with E-state index in [0.29, 0.717) is 6.54 Å². The molecule has 0 spiro atoms. The molecule has 1 aliphatic carbocycles. The highest BCUT2D eigenvalue weighted by atomic mass is 19.1. The van der Waals surface area contributed by atoms with Gasteiger partial charge in [0.05, 0.1) is 0 Å². The quantitative estimate of drug-likeness (QED) is 0.870. The summed E-state index contributed by atoms with van der Waals surface area (Å²) in [6.45, 7) is 0.629. The van der Waals surface area contributed by atoms with E-state index < -0.39 is 0 Å². The molecule has 0 bridgehead atoms. The van der Waals surface area contributed by atoms with Gasteiger partial charge < -0.3 is 10.6 Å². The second-order valence-electron chi connectivity index (χ2n) is 5.31. The first-order chi connectivity index (χ1) is 8.10. The summed E-state index contributed by atoms with van der Waals surface area (Å²) in [4.78, 5) is 2.10. The van der Waals surface area contributed by atoms with Crippen LogP contribution in [0.3, 0.4) is 0 Å². The van der Waals surface area contributed by atoms with E-state index in [0.717, 1.165) is 18.4 Å². The van der Waals surface area contributed by atoms with Crippen LogP contribution in [-0.4, -0.2) is 25.5 Å². The maximum atomic E-state index is 14.0. The molecular formula is C14H21FN2. The zero-order valence-electron chi connectivity index (χ0n) is 10.6. The SMILES string of the molecule is CN(C)C(c1ccccc1F)C1(CN)CCC1. The molecule has 1 aliphatic rings. The van der Waals surface area contributed by atoms with E-state index in [1.807, 2.05) is 26.2 Å². The Bertz CT molecular complexity index is 380. The highest BCUT2D eigenvalue weighted by Crippen LogP contribution is 2.51. The minimum atomic E-state index is -0.120. The zero-order valence-corrected chi connectivity index (χ0v) is 10.6. The fourth-order valence-electron chi connectivity index (χ4n) is 3.07. The molecular weight excluding hydrogens is 215 g/mol. The maximum absolute atomic E-state index is 14.0. The Morgan fingerprint density at radius 3 is 2.41 bits per heavy atom. The van der Waals surface area contributed by atoms with Crippen molar-refractivity contribution in [2.24, 2.45) is 11.1 Å². The Balaban J connectivity index is 2.39. The molecule has 2 N–H and O–H groups in total. The van der Waals surface area contributed by atoms with Crippen LogP contribution >= 0.6 is 0 Å². The molecule has 1 unspecified atom stereocenters. The van der Waals surface area contributed by atoms with Gasteiger partial charge in [0, 0.05) is 17.0 Å². The van der Waals surface area contributed by atoms with Crippen LogP contribution < -0.4 is 5.73 Å². The van der Waals surface area contributed by atoms with Crippen molar-refractivity contribution in [3.63, 3.8) is 0 Å². The lowest BCUT2D eigenvalue weighted by molar-refractivity contribution is 0.0262. The third-order valence-corrected chi connectivity index (χ3v) is 4.05. The predicted octanol–water partition coefficient (Wildman–Crippen LogP) is 2.56. The normalized spacial score (nSPS) is 20.1. The second kappa shape index (κ2) is 4.75. The Morgan fingerprint density at radius 1 is 1.35 bits per heavy atom. The number of nitrogens with two attached hydrogens (primary N) is 1. The number of halogens is 1. The molecule has 2 rings (SSSR count). The molecule has 1 aromatic rings. The molecule has 0 aromatic heterocycles. The average Bonchev–Trinajstić information content (AvgIpc) is 2.24. The Hall–Kier alpha value is -0.930. The number of rotatable bonds is 4. The van der Waals surface area contributed by atoms with Gasteiger partial charge in [-0.15, -0.1) is 0 Å². The number of hydrogen-bond donors (Lipinski definition) is 1. The minimum absolute atomic E-state index is 0.0612. The van der Waals surface area contributed by atoms with E-state index in [1.165, 1.54) is 12.5 Å².